The van der Waals surface area contributed by atoms with Crippen LogP contribution in [0.5, 0.6) is 0 Å². The van der Waals surface area contributed by atoms with E-state index in [1.165, 1.54) is 11.0 Å². The Morgan fingerprint density at radius 1 is 1.23 bits per heavy atom. The molecule has 2 saturated heterocycles. The Balaban J connectivity index is 1.38. The van der Waals surface area contributed by atoms with E-state index in [9.17, 15) is 18.4 Å². The van der Waals surface area contributed by atoms with E-state index in [1.54, 1.807) is 15.8 Å². The standard InChI is InChI=1S/C17H17F2N5O2/c18-13-3-1-4-14(19)16(13)17(26)23-9-12(10-23)24-8-11(20-21-24)7-22-6-2-5-15(22)25/h1,3-4,8,12H,2,5-7,9-10H2. The van der Waals surface area contributed by atoms with Gasteiger partial charge >= 0.3 is 0 Å². The third kappa shape index (κ3) is 2.93. The first-order valence-corrected chi connectivity index (χ1v) is 8.44. The van der Waals surface area contributed by atoms with Crippen molar-refractivity contribution < 1.29 is 18.4 Å². The van der Waals surface area contributed by atoms with Gasteiger partial charge in [-0.25, -0.2) is 13.5 Å². The number of hydrogen-bond donors (Lipinski definition) is 0. The number of benzene rings is 1. The third-order valence-electron chi connectivity index (χ3n) is 4.78. The highest BCUT2D eigenvalue weighted by atomic mass is 19.1. The zero-order valence-corrected chi connectivity index (χ0v) is 13.9. The van der Waals surface area contributed by atoms with Crippen LogP contribution in [0.1, 0.15) is 34.9 Å². The first-order chi connectivity index (χ1) is 12.5. The molecule has 136 valence electrons. The summed E-state index contributed by atoms with van der Waals surface area (Å²) in [5.74, 6) is -2.28. The lowest BCUT2D eigenvalue weighted by Crippen LogP contribution is -2.51. The molecule has 0 bridgehead atoms. The average Bonchev–Trinajstić information content (AvgIpc) is 3.16. The fourth-order valence-electron chi connectivity index (χ4n) is 3.28. The maximum Gasteiger partial charge on any atom is 0.259 e. The van der Waals surface area contributed by atoms with E-state index in [4.69, 9.17) is 0 Å². The number of hydrogen-bond acceptors (Lipinski definition) is 4. The van der Waals surface area contributed by atoms with Crippen molar-refractivity contribution >= 4 is 11.8 Å². The fraction of sp³-hybridized carbons (Fsp3) is 0.412. The summed E-state index contributed by atoms with van der Waals surface area (Å²) in [6, 6.07) is 3.26. The van der Waals surface area contributed by atoms with Crippen LogP contribution in [0.4, 0.5) is 8.78 Å². The molecule has 26 heavy (non-hydrogen) atoms. The Labute approximate surface area is 148 Å². The molecule has 0 unspecified atom stereocenters. The summed E-state index contributed by atoms with van der Waals surface area (Å²) in [6.07, 6.45) is 3.18. The van der Waals surface area contributed by atoms with Gasteiger partial charge < -0.3 is 9.80 Å². The summed E-state index contributed by atoms with van der Waals surface area (Å²) in [5.41, 5.74) is 0.156. The van der Waals surface area contributed by atoms with Crippen molar-refractivity contribution in [1.29, 1.82) is 0 Å². The summed E-state index contributed by atoms with van der Waals surface area (Å²) in [5, 5.41) is 8.12. The predicted octanol–water partition coefficient (Wildman–Crippen LogP) is 1.38. The number of halogens is 2. The zero-order valence-electron chi connectivity index (χ0n) is 13.9. The van der Waals surface area contributed by atoms with Gasteiger partial charge in [-0.2, -0.15) is 0 Å². The molecule has 2 aliphatic rings. The molecule has 0 N–H and O–H groups in total. The topological polar surface area (TPSA) is 71.3 Å². The minimum atomic E-state index is -0.864. The molecule has 2 aromatic rings. The lowest BCUT2D eigenvalue weighted by Gasteiger charge is -2.38. The molecule has 2 amide bonds. The van der Waals surface area contributed by atoms with E-state index in [0.717, 1.165) is 25.1 Å². The number of carbonyl (C=O) groups is 2. The van der Waals surface area contributed by atoms with Crippen LogP contribution in [0, 0.1) is 11.6 Å². The molecule has 4 rings (SSSR count). The Morgan fingerprint density at radius 2 is 1.96 bits per heavy atom. The molecule has 9 heteroatoms. The summed E-state index contributed by atoms with van der Waals surface area (Å²) in [7, 11) is 0. The molecular formula is C17H17F2N5O2. The van der Waals surface area contributed by atoms with E-state index < -0.39 is 23.1 Å². The summed E-state index contributed by atoms with van der Waals surface area (Å²) < 4.78 is 29.1. The molecule has 1 aromatic carbocycles. The van der Waals surface area contributed by atoms with Gasteiger partial charge in [-0.15, -0.1) is 5.10 Å². The van der Waals surface area contributed by atoms with Gasteiger partial charge in [0.15, 0.2) is 0 Å². The van der Waals surface area contributed by atoms with Crippen molar-refractivity contribution in [3.05, 3.63) is 47.3 Å². The van der Waals surface area contributed by atoms with Crippen LogP contribution in [0.25, 0.3) is 0 Å². The van der Waals surface area contributed by atoms with Crippen LogP contribution in [-0.4, -0.2) is 56.2 Å². The van der Waals surface area contributed by atoms with Crippen molar-refractivity contribution in [2.45, 2.75) is 25.4 Å². The number of nitrogens with zero attached hydrogens (tertiary/aromatic N) is 5. The largest absolute Gasteiger partial charge is 0.337 e. The first kappa shape index (κ1) is 16.6. The van der Waals surface area contributed by atoms with Gasteiger partial charge in [0.1, 0.15) is 22.9 Å². The molecule has 0 spiro atoms. The average molecular weight is 361 g/mol. The Hall–Kier alpha value is -2.84. The molecular weight excluding hydrogens is 344 g/mol. The molecule has 2 fully saturated rings. The maximum absolute atomic E-state index is 13.7. The summed E-state index contributed by atoms with van der Waals surface area (Å²) in [6.45, 7) is 1.76. The maximum atomic E-state index is 13.7. The number of likely N-dealkylation sites (tertiary alicyclic amines) is 2. The number of aromatic nitrogens is 3. The minimum absolute atomic E-state index is 0.0932. The highest BCUT2D eigenvalue weighted by Gasteiger charge is 2.35. The number of carbonyl (C=O) groups excluding carboxylic acids is 2. The van der Waals surface area contributed by atoms with E-state index in [1.807, 2.05) is 0 Å². The monoisotopic (exact) mass is 361 g/mol. The molecule has 1 aromatic heterocycles. The molecule has 3 heterocycles. The predicted molar refractivity (Wildman–Crippen MR) is 86.0 cm³/mol. The lowest BCUT2D eigenvalue weighted by molar-refractivity contribution is -0.128. The molecule has 0 aliphatic carbocycles. The van der Waals surface area contributed by atoms with Gasteiger partial charge in [0.25, 0.3) is 5.91 Å². The van der Waals surface area contributed by atoms with Crippen LogP contribution >= 0.6 is 0 Å². The summed E-state index contributed by atoms with van der Waals surface area (Å²) >= 11 is 0. The molecule has 0 atom stereocenters. The molecule has 0 radical (unpaired) electrons. The van der Waals surface area contributed by atoms with Crippen molar-refractivity contribution in [2.24, 2.45) is 0 Å². The van der Waals surface area contributed by atoms with Crippen molar-refractivity contribution in [3.8, 4) is 0 Å². The van der Waals surface area contributed by atoms with Crippen LogP contribution in [-0.2, 0) is 11.3 Å². The number of rotatable bonds is 4. The van der Waals surface area contributed by atoms with Crippen molar-refractivity contribution in [3.63, 3.8) is 0 Å². The Bertz CT molecular complexity index is 842. The van der Waals surface area contributed by atoms with Gasteiger partial charge in [-0.05, 0) is 18.6 Å². The fourth-order valence-corrected chi connectivity index (χ4v) is 3.28. The van der Waals surface area contributed by atoms with Crippen LogP contribution in [0.3, 0.4) is 0 Å². The summed E-state index contributed by atoms with van der Waals surface area (Å²) in [4.78, 5) is 27.0. The lowest BCUT2D eigenvalue weighted by atomic mass is 10.1. The van der Waals surface area contributed by atoms with E-state index in [-0.39, 0.29) is 11.9 Å². The molecule has 7 nitrogen and oxygen atoms in total. The van der Waals surface area contributed by atoms with E-state index >= 15 is 0 Å². The highest BCUT2D eigenvalue weighted by Crippen LogP contribution is 2.25. The van der Waals surface area contributed by atoms with E-state index in [0.29, 0.717) is 31.7 Å². The van der Waals surface area contributed by atoms with Crippen molar-refractivity contribution in [1.82, 2.24) is 24.8 Å². The third-order valence-corrected chi connectivity index (χ3v) is 4.78. The van der Waals surface area contributed by atoms with Gasteiger partial charge in [-0.1, -0.05) is 11.3 Å². The molecule has 2 aliphatic heterocycles. The zero-order chi connectivity index (χ0) is 18.3. The van der Waals surface area contributed by atoms with E-state index in [2.05, 4.69) is 10.3 Å². The molecule has 0 saturated carbocycles. The Morgan fingerprint density at radius 3 is 2.62 bits per heavy atom. The first-order valence-electron chi connectivity index (χ1n) is 8.44. The second-order valence-corrected chi connectivity index (χ2v) is 6.57. The minimum Gasteiger partial charge on any atom is -0.337 e. The highest BCUT2D eigenvalue weighted by molar-refractivity contribution is 5.95. The van der Waals surface area contributed by atoms with Gasteiger partial charge in [0, 0.05) is 26.1 Å². The van der Waals surface area contributed by atoms with Gasteiger partial charge in [-0.3, -0.25) is 9.59 Å². The Kier molecular flexibility index (Phi) is 4.14. The second-order valence-electron chi connectivity index (χ2n) is 6.57. The van der Waals surface area contributed by atoms with Gasteiger partial charge in [0.2, 0.25) is 5.91 Å². The van der Waals surface area contributed by atoms with Crippen molar-refractivity contribution in [2.75, 3.05) is 19.6 Å². The SMILES string of the molecule is O=C1CCCN1Cc1cn(C2CN(C(=O)c3c(F)cccc3F)C2)nn1. The smallest absolute Gasteiger partial charge is 0.259 e. The van der Waals surface area contributed by atoms with Crippen LogP contribution < -0.4 is 0 Å². The second kappa shape index (κ2) is 6.47. The normalized spacial score (nSPS) is 17.7. The quantitative estimate of drug-likeness (QED) is 0.825. The van der Waals surface area contributed by atoms with Crippen LogP contribution in [0.2, 0.25) is 0 Å². The van der Waals surface area contributed by atoms with Gasteiger partial charge in [0.05, 0.1) is 18.8 Å². The number of amides is 2. The van der Waals surface area contributed by atoms with Crippen LogP contribution in [0.15, 0.2) is 24.4 Å².